The van der Waals surface area contributed by atoms with Crippen molar-refractivity contribution < 1.29 is 42.2 Å². The van der Waals surface area contributed by atoms with Gasteiger partial charge in [-0.2, -0.15) is 11.6 Å². The second-order valence-electron chi connectivity index (χ2n) is 2.99. The first-order chi connectivity index (χ1) is 5.77. The van der Waals surface area contributed by atoms with Crippen LogP contribution in [0.3, 0.4) is 0 Å². The minimum Gasteiger partial charge on any atom is -0.544 e. The molecule has 0 unspecified atom stereocenters. The Morgan fingerprint density at radius 3 is 2.69 bits per heavy atom. The summed E-state index contributed by atoms with van der Waals surface area (Å²) in [5.74, 6) is 1.62. The summed E-state index contributed by atoms with van der Waals surface area (Å²) in [6.07, 6.45) is 0. The number of benzene rings is 1. The largest absolute Gasteiger partial charge is 0.544 e. The number of rotatable bonds is 0. The summed E-state index contributed by atoms with van der Waals surface area (Å²) in [4.78, 5) is 0. The van der Waals surface area contributed by atoms with Gasteiger partial charge in [0.1, 0.15) is 13.2 Å². The Bertz CT molecular complexity index is 310. The third kappa shape index (κ3) is 2.23. The molecule has 3 heteroatoms. The van der Waals surface area contributed by atoms with Gasteiger partial charge < -0.3 is 9.47 Å². The van der Waals surface area contributed by atoms with Gasteiger partial charge >= 0.3 is 0 Å². The number of aryl methyl sites for hydroxylation is 2. The zero-order valence-corrected chi connectivity index (χ0v) is 10.7. The molecule has 67 valence electrons. The molecule has 0 saturated heterocycles. The third-order valence-electron chi connectivity index (χ3n) is 1.88. The first kappa shape index (κ1) is 11.0. The molecule has 1 radical (unpaired) electrons. The van der Waals surface area contributed by atoms with E-state index in [0.717, 1.165) is 22.6 Å². The van der Waals surface area contributed by atoms with Crippen molar-refractivity contribution >= 4 is 0 Å². The van der Waals surface area contributed by atoms with Gasteiger partial charge in [0, 0.05) is 38.5 Å². The van der Waals surface area contributed by atoms with Gasteiger partial charge in [-0.25, -0.2) is 0 Å². The van der Waals surface area contributed by atoms with Crippen LogP contribution < -0.4 is 9.47 Å². The summed E-state index contributed by atoms with van der Waals surface area (Å²) in [6.45, 7) is 5.30. The SMILES string of the molecule is Cc1[c-]c2c(c(C)c1)OCCO2.[Y]. The number of hydrogen-bond acceptors (Lipinski definition) is 2. The monoisotopic (exact) mass is 252 g/mol. The first-order valence-electron chi connectivity index (χ1n) is 4.06. The summed E-state index contributed by atoms with van der Waals surface area (Å²) in [5, 5.41) is 0. The Labute approximate surface area is 103 Å². The standard InChI is InChI=1S/C10H11O2.Y/c1-7-5-8(2)10-9(6-7)11-3-4-12-10;/h5H,3-4H2,1-2H3;/q-1;. The van der Waals surface area contributed by atoms with Crippen molar-refractivity contribution in [2.75, 3.05) is 13.2 Å². The van der Waals surface area contributed by atoms with E-state index in [-0.39, 0.29) is 32.7 Å². The summed E-state index contributed by atoms with van der Waals surface area (Å²) in [5.41, 5.74) is 2.22. The van der Waals surface area contributed by atoms with Crippen LogP contribution in [0.5, 0.6) is 11.5 Å². The molecule has 2 rings (SSSR count). The molecule has 0 spiro atoms. The van der Waals surface area contributed by atoms with Gasteiger partial charge in [0.15, 0.2) is 0 Å². The fourth-order valence-electron chi connectivity index (χ4n) is 1.41. The Hall–Kier alpha value is -0.0761. The molecule has 13 heavy (non-hydrogen) atoms. The maximum Gasteiger partial charge on any atom is 0.118 e. The van der Waals surface area contributed by atoms with Gasteiger partial charge in [-0.05, 0) is 0 Å². The summed E-state index contributed by atoms with van der Waals surface area (Å²) < 4.78 is 10.9. The van der Waals surface area contributed by atoms with E-state index in [9.17, 15) is 0 Å². The van der Waals surface area contributed by atoms with Crippen LogP contribution in [0.25, 0.3) is 0 Å². The molecule has 0 atom stereocenters. The minimum atomic E-state index is 0. The fourth-order valence-corrected chi connectivity index (χ4v) is 1.41. The maximum absolute atomic E-state index is 5.45. The predicted molar refractivity (Wildman–Crippen MR) is 45.7 cm³/mol. The van der Waals surface area contributed by atoms with Crippen molar-refractivity contribution in [2.45, 2.75) is 13.8 Å². The number of hydrogen-bond donors (Lipinski definition) is 0. The molecule has 1 aliphatic heterocycles. The Kier molecular flexibility index (Phi) is 3.75. The van der Waals surface area contributed by atoms with Crippen LogP contribution in [0.2, 0.25) is 0 Å². The normalized spacial score (nSPS) is 13.4. The van der Waals surface area contributed by atoms with E-state index in [4.69, 9.17) is 9.47 Å². The predicted octanol–water partition coefficient (Wildman–Crippen LogP) is 1.87. The van der Waals surface area contributed by atoms with Crippen molar-refractivity contribution in [3.63, 3.8) is 0 Å². The second-order valence-corrected chi connectivity index (χ2v) is 2.99. The molecule has 0 N–H and O–H groups in total. The summed E-state index contributed by atoms with van der Waals surface area (Å²) >= 11 is 0. The molecule has 0 bridgehead atoms. The Morgan fingerprint density at radius 2 is 1.92 bits per heavy atom. The van der Waals surface area contributed by atoms with Crippen molar-refractivity contribution in [1.29, 1.82) is 0 Å². The van der Waals surface area contributed by atoms with Crippen molar-refractivity contribution in [2.24, 2.45) is 0 Å². The van der Waals surface area contributed by atoms with E-state index in [1.807, 2.05) is 19.9 Å². The Morgan fingerprint density at radius 1 is 1.23 bits per heavy atom. The van der Waals surface area contributed by atoms with E-state index in [2.05, 4.69) is 6.07 Å². The Balaban J connectivity index is 0.000000845. The summed E-state index contributed by atoms with van der Waals surface area (Å²) in [6, 6.07) is 5.17. The molecular formula is C10H11O2Y-. The van der Waals surface area contributed by atoms with Gasteiger partial charge in [-0.3, -0.25) is 0 Å². The molecule has 1 aromatic rings. The van der Waals surface area contributed by atoms with Crippen molar-refractivity contribution in [3.05, 3.63) is 23.3 Å². The van der Waals surface area contributed by atoms with Gasteiger partial charge in [0.2, 0.25) is 0 Å². The molecule has 2 nitrogen and oxygen atoms in total. The van der Waals surface area contributed by atoms with Crippen LogP contribution in [0, 0.1) is 19.9 Å². The third-order valence-corrected chi connectivity index (χ3v) is 1.88. The van der Waals surface area contributed by atoms with E-state index < -0.39 is 0 Å². The molecule has 1 aliphatic rings. The van der Waals surface area contributed by atoms with Crippen molar-refractivity contribution in [3.8, 4) is 11.5 Å². The van der Waals surface area contributed by atoms with E-state index >= 15 is 0 Å². The maximum atomic E-state index is 5.45. The van der Waals surface area contributed by atoms with E-state index in [1.165, 1.54) is 0 Å². The topological polar surface area (TPSA) is 18.5 Å². The van der Waals surface area contributed by atoms with Crippen LogP contribution in [-0.2, 0) is 32.7 Å². The van der Waals surface area contributed by atoms with Crippen LogP contribution in [0.1, 0.15) is 11.1 Å². The zero-order chi connectivity index (χ0) is 8.55. The van der Waals surface area contributed by atoms with E-state index in [0.29, 0.717) is 13.2 Å². The van der Waals surface area contributed by atoms with Gasteiger partial charge in [-0.1, -0.05) is 13.8 Å². The smallest absolute Gasteiger partial charge is 0.118 e. The average Bonchev–Trinajstić information content (AvgIpc) is 2.04. The average molecular weight is 252 g/mol. The number of ether oxygens (including phenoxy) is 2. The van der Waals surface area contributed by atoms with Gasteiger partial charge in [-0.15, -0.1) is 11.6 Å². The minimum absolute atomic E-state index is 0. The fraction of sp³-hybridized carbons (Fsp3) is 0.400. The molecule has 1 aromatic carbocycles. The number of fused-ring (bicyclic) bond motifs is 1. The summed E-state index contributed by atoms with van der Waals surface area (Å²) in [7, 11) is 0. The second kappa shape index (κ2) is 4.43. The molecule has 0 aliphatic carbocycles. The van der Waals surface area contributed by atoms with E-state index in [1.54, 1.807) is 0 Å². The molecule has 0 aromatic heterocycles. The molecular weight excluding hydrogens is 241 g/mol. The quantitative estimate of drug-likeness (QED) is 0.656. The molecule has 0 fully saturated rings. The molecule has 1 heterocycles. The molecule has 0 amide bonds. The zero-order valence-electron chi connectivity index (χ0n) is 7.89. The van der Waals surface area contributed by atoms with Gasteiger partial charge in [0.05, 0.1) is 5.75 Å². The van der Waals surface area contributed by atoms with Crippen molar-refractivity contribution in [1.82, 2.24) is 0 Å². The van der Waals surface area contributed by atoms with Crippen LogP contribution in [0.4, 0.5) is 0 Å². The first-order valence-corrected chi connectivity index (χ1v) is 4.06. The van der Waals surface area contributed by atoms with Crippen LogP contribution in [-0.4, -0.2) is 13.2 Å². The van der Waals surface area contributed by atoms with Crippen LogP contribution >= 0.6 is 0 Å². The molecule has 0 saturated carbocycles. The van der Waals surface area contributed by atoms with Gasteiger partial charge in [0.25, 0.3) is 0 Å². The van der Waals surface area contributed by atoms with Crippen LogP contribution in [0.15, 0.2) is 6.07 Å².